The lowest BCUT2D eigenvalue weighted by Crippen LogP contribution is -2.05. The van der Waals surface area contributed by atoms with Crippen molar-refractivity contribution in [1.82, 2.24) is 9.78 Å². The van der Waals surface area contributed by atoms with Crippen molar-refractivity contribution in [3.63, 3.8) is 0 Å². The molecule has 0 fully saturated rings. The fourth-order valence-electron chi connectivity index (χ4n) is 1.51. The number of rotatable bonds is 1. The van der Waals surface area contributed by atoms with Gasteiger partial charge >= 0.3 is 6.18 Å². The van der Waals surface area contributed by atoms with Crippen LogP contribution in [0.15, 0.2) is 36.5 Å². The van der Waals surface area contributed by atoms with Gasteiger partial charge in [-0.05, 0) is 0 Å². The van der Waals surface area contributed by atoms with E-state index in [0.29, 0.717) is 5.56 Å². The standard InChI is InChI=1S/C11H9F3N2/c1-16-7-9(11(12,13)14)10(15-16)8-5-3-2-4-6-8/h2-7H,1H3. The van der Waals surface area contributed by atoms with Gasteiger partial charge in [-0.2, -0.15) is 18.3 Å². The third-order valence-electron chi connectivity index (χ3n) is 2.18. The van der Waals surface area contributed by atoms with E-state index in [1.165, 1.54) is 11.7 Å². The van der Waals surface area contributed by atoms with E-state index in [2.05, 4.69) is 5.10 Å². The molecule has 1 aromatic carbocycles. The van der Waals surface area contributed by atoms with Crippen molar-refractivity contribution < 1.29 is 13.2 Å². The number of alkyl halides is 3. The lowest BCUT2D eigenvalue weighted by Gasteiger charge is -2.05. The summed E-state index contributed by atoms with van der Waals surface area (Å²) in [7, 11) is 1.47. The van der Waals surface area contributed by atoms with Gasteiger partial charge in [-0.3, -0.25) is 4.68 Å². The molecule has 0 aliphatic rings. The summed E-state index contributed by atoms with van der Waals surface area (Å²) in [5.74, 6) is 0. The van der Waals surface area contributed by atoms with Gasteiger partial charge in [0.2, 0.25) is 0 Å². The first-order valence-corrected chi connectivity index (χ1v) is 4.65. The van der Waals surface area contributed by atoms with E-state index in [4.69, 9.17) is 0 Å². The first-order valence-electron chi connectivity index (χ1n) is 4.65. The van der Waals surface area contributed by atoms with E-state index in [1.54, 1.807) is 30.3 Å². The van der Waals surface area contributed by atoms with Crippen molar-refractivity contribution in [3.8, 4) is 11.3 Å². The van der Waals surface area contributed by atoms with E-state index in [0.717, 1.165) is 6.20 Å². The van der Waals surface area contributed by atoms with Crippen LogP contribution in [0.2, 0.25) is 0 Å². The Bertz CT molecular complexity index is 486. The summed E-state index contributed by atoms with van der Waals surface area (Å²) in [5.41, 5.74) is -0.271. The van der Waals surface area contributed by atoms with Gasteiger partial charge in [0.15, 0.2) is 0 Å². The minimum absolute atomic E-state index is 0.0319. The number of hydrogen-bond donors (Lipinski definition) is 0. The van der Waals surface area contributed by atoms with Gasteiger partial charge in [-0.1, -0.05) is 30.3 Å². The molecule has 0 N–H and O–H groups in total. The van der Waals surface area contributed by atoms with Gasteiger partial charge < -0.3 is 0 Å². The molecule has 5 heteroatoms. The molecule has 1 aromatic heterocycles. The van der Waals surface area contributed by atoms with Crippen molar-refractivity contribution >= 4 is 0 Å². The summed E-state index contributed by atoms with van der Waals surface area (Å²) in [5, 5.41) is 3.84. The van der Waals surface area contributed by atoms with E-state index in [-0.39, 0.29) is 5.69 Å². The lowest BCUT2D eigenvalue weighted by atomic mass is 10.1. The van der Waals surface area contributed by atoms with Crippen LogP contribution in [-0.2, 0) is 13.2 Å². The summed E-state index contributed by atoms with van der Waals surface area (Å²) in [6.07, 6.45) is -3.39. The van der Waals surface area contributed by atoms with Crippen LogP contribution >= 0.6 is 0 Å². The Morgan fingerprint density at radius 3 is 2.31 bits per heavy atom. The topological polar surface area (TPSA) is 17.8 Å². The summed E-state index contributed by atoms with van der Waals surface area (Å²) >= 11 is 0. The highest BCUT2D eigenvalue weighted by Gasteiger charge is 2.36. The second-order valence-corrected chi connectivity index (χ2v) is 3.43. The maximum Gasteiger partial charge on any atom is 0.420 e. The summed E-state index contributed by atoms with van der Waals surface area (Å²) in [6.45, 7) is 0. The van der Waals surface area contributed by atoms with Crippen LogP contribution in [0.3, 0.4) is 0 Å². The fourth-order valence-corrected chi connectivity index (χ4v) is 1.51. The van der Waals surface area contributed by atoms with E-state index < -0.39 is 11.7 Å². The van der Waals surface area contributed by atoms with Crippen LogP contribution in [0.1, 0.15) is 5.56 Å². The number of hydrogen-bond acceptors (Lipinski definition) is 1. The quantitative estimate of drug-likeness (QED) is 0.730. The predicted molar refractivity (Wildman–Crippen MR) is 53.6 cm³/mol. The SMILES string of the molecule is Cn1cc(C(F)(F)F)c(-c2ccccc2)n1. The number of nitrogens with zero attached hydrogens (tertiary/aromatic N) is 2. The summed E-state index contributed by atoms with van der Waals surface area (Å²) in [6, 6.07) is 8.34. The van der Waals surface area contributed by atoms with Crippen molar-refractivity contribution in [3.05, 3.63) is 42.1 Å². The molecule has 0 saturated carbocycles. The van der Waals surface area contributed by atoms with Crippen molar-refractivity contribution in [1.29, 1.82) is 0 Å². The third kappa shape index (κ3) is 1.93. The van der Waals surface area contributed by atoms with Crippen LogP contribution in [0, 0.1) is 0 Å². The molecule has 2 aromatic rings. The van der Waals surface area contributed by atoms with E-state index in [1.807, 2.05) is 0 Å². The molecular weight excluding hydrogens is 217 g/mol. The van der Waals surface area contributed by atoms with Gasteiger partial charge in [0, 0.05) is 18.8 Å². The molecule has 0 amide bonds. The Balaban J connectivity index is 2.58. The second kappa shape index (κ2) is 3.66. The van der Waals surface area contributed by atoms with Gasteiger partial charge in [0.1, 0.15) is 11.3 Å². The zero-order chi connectivity index (χ0) is 11.8. The number of aromatic nitrogens is 2. The predicted octanol–water partition coefficient (Wildman–Crippen LogP) is 3.11. The van der Waals surface area contributed by atoms with Crippen LogP contribution in [0.4, 0.5) is 13.2 Å². The molecule has 0 saturated heterocycles. The van der Waals surface area contributed by atoms with Crippen molar-refractivity contribution in [2.45, 2.75) is 6.18 Å². The highest BCUT2D eigenvalue weighted by Crippen LogP contribution is 2.35. The Morgan fingerprint density at radius 2 is 1.75 bits per heavy atom. The average molecular weight is 226 g/mol. The maximum atomic E-state index is 12.7. The Kier molecular flexibility index (Phi) is 2.46. The zero-order valence-electron chi connectivity index (χ0n) is 8.49. The Morgan fingerprint density at radius 1 is 1.12 bits per heavy atom. The molecule has 16 heavy (non-hydrogen) atoms. The van der Waals surface area contributed by atoms with Crippen molar-refractivity contribution in [2.24, 2.45) is 7.05 Å². The largest absolute Gasteiger partial charge is 0.420 e. The first-order chi connectivity index (χ1) is 7.48. The smallest absolute Gasteiger partial charge is 0.275 e. The molecule has 0 unspecified atom stereocenters. The monoisotopic (exact) mass is 226 g/mol. The molecule has 0 bridgehead atoms. The van der Waals surface area contributed by atoms with Crippen LogP contribution in [0.5, 0.6) is 0 Å². The highest BCUT2D eigenvalue weighted by atomic mass is 19.4. The summed E-state index contributed by atoms with van der Waals surface area (Å²) < 4.78 is 39.3. The molecule has 0 radical (unpaired) electrons. The third-order valence-corrected chi connectivity index (χ3v) is 2.18. The fraction of sp³-hybridized carbons (Fsp3) is 0.182. The second-order valence-electron chi connectivity index (χ2n) is 3.43. The average Bonchev–Trinajstić information content (AvgIpc) is 2.61. The molecular formula is C11H9F3N2. The number of aryl methyl sites for hydroxylation is 1. The zero-order valence-corrected chi connectivity index (χ0v) is 8.49. The van der Waals surface area contributed by atoms with Crippen LogP contribution in [0.25, 0.3) is 11.3 Å². The Hall–Kier alpha value is -1.78. The Labute approximate surface area is 90.3 Å². The van der Waals surface area contributed by atoms with Gasteiger partial charge in [-0.15, -0.1) is 0 Å². The highest BCUT2D eigenvalue weighted by molar-refractivity contribution is 5.63. The molecule has 0 spiro atoms. The van der Waals surface area contributed by atoms with Crippen LogP contribution in [-0.4, -0.2) is 9.78 Å². The van der Waals surface area contributed by atoms with Gasteiger partial charge in [-0.25, -0.2) is 0 Å². The van der Waals surface area contributed by atoms with Gasteiger partial charge in [0.25, 0.3) is 0 Å². The summed E-state index contributed by atoms with van der Waals surface area (Å²) in [4.78, 5) is 0. The molecule has 0 aliphatic heterocycles. The molecule has 0 aliphatic carbocycles. The van der Waals surface area contributed by atoms with E-state index >= 15 is 0 Å². The number of halogens is 3. The molecule has 84 valence electrons. The molecule has 2 nitrogen and oxygen atoms in total. The van der Waals surface area contributed by atoms with Crippen LogP contribution < -0.4 is 0 Å². The lowest BCUT2D eigenvalue weighted by molar-refractivity contribution is -0.137. The molecule has 1 heterocycles. The molecule has 2 rings (SSSR count). The minimum atomic E-state index is -4.38. The normalized spacial score (nSPS) is 11.8. The number of benzene rings is 1. The van der Waals surface area contributed by atoms with Gasteiger partial charge in [0.05, 0.1) is 0 Å². The first kappa shape index (κ1) is 10.7. The van der Waals surface area contributed by atoms with Crippen molar-refractivity contribution in [2.75, 3.05) is 0 Å². The molecule has 0 atom stereocenters. The maximum absolute atomic E-state index is 12.7. The van der Waals surface area contributed by atoms with E-state index in [9.17, 15) is 13.2 Å². The minimum Gasteiger partial charge on any atom is -0.275 e.